The number of carbonyl (C=O) groups is 1. The highest BCUT2D eigenvalue weighted by molar-refractivity contribution is 5.98. The van der Waals surface area contributed by atoms with Crippen molar-refractivity contribution in [2.24, 2.45) is 5.73 Å². The van der Waals surface area contributed by atoms with Gasteiger partial charge in [0, 0.05) is 25.3 Å². The van der Waals surface area contributed by atoms with Crippen molar-refractivity contribution >= 4 is 11.7 Å². The average molecular weight is 236 g/mol. The molecule has 94 valence electrons. The molecule has 1 rings (SSSR count). The monoisotopic (exact) mass is 236 g/mol. The molecule has 0 radical (unpaired) electrons. The van der Waals surface area contributed by atoms with Crippen LogP contribution in [0.25, 0.3) is 0 Å². The van der Waals surface area contributed by atoms with Crippen LogP contribution >= 0.6 is 0 Å². The number of aromatic nitrogens is 1. The number of hydrogen-bond donors (Lipinski definition) is 3. The molecule has 17 heavy (non-hydrogen) atoms. The van der Waals surface area contributed by atoms with E-state index in [-0.39, 0.29) is 0 Å². The van der Waals surface area contributed by atoms with Crippen LogP contribution in [-0.2, 0) is 0 Å². The van der Waals surface area contributed by atoms with Crippen molar-refractivity contribution in [1.82, 2.24) is 10.3 Å². The summed E-state index contributed by atoms with van der Waals surface area (Å²) < 4.78 is 0. The van der Waals surface area contributed by atoms with Gasteiger partial charge in [-0.3, -0.25) is 4.79 Å². The van der Waals surface area contributed by atoms with Crippen molar-refractivity contribution in [2.45, 2.75) is 26.8 Å². The zero-order valence-corrected chi connectivity index (χ0v) is 10.6. The first-order valence-corrected chi connectivity index (χ1v) is 5.75. The summed E-state index contributed by atoms with van der Waals surface area (Å²) in [5, 5.41) is 6.39. The Labute approximate surface area is 102 Å². The highest BCUT2D eigenvalue weighted by atomic mass is 16.1. The van der Waals surface area contributed by atoms with Crippen molar-refractivity contribution in [1.29, 1.82) is 0 Å². The molecule has 0 atom stereocenters. The molecule has 0 aliphatic heterocycles. The SMILES string of the molecule is Cc1ccnc(NCCNC(C)C)c1C(N)=O. The third kappa shape index (κ3) is 4.03. The molecule has 0 bridgehead atoms. The van der Waals surface area contributed by atoms with Gasteiger partial charge in [-0.15, -0.1) is 0 Å². The first kappa shape index (κ1) is 13.4. The maximum Gasteiger partial charge on any atom is 0.252 e. The number of primary amides is 1. The second-order valence-corrected chi connectivity index (χ2v) is 4.25. The van der Waals surface area contributed by atoms with E-state index < -0.39 is 5.91 Å². The molecule has 0 aromatic carbocycles. The molecule has 1 aromatic heterocycles. The van der Waals surface area contributed by atoms with Gasteiger partial charge in [0.05, 0.1) is 5.56 Å². The Balaban J connectivity index is 2.64. The molecule has 0 aliphatic carbocycles. The molecule has 0 spiro atoms. The van der Waals surface area contributed by atoms with Crippen LogP contribution in [0.4, 0.5) is 5.82 Å². The van der Waals surface area contributed by atoms with E-state index in [1.54, 1.807) is 12.3 Å². The van der Waals surface area contributed by atoms with Crippen LogP contribution in [0.5, 0.6) is 0 Å². The van der Waals surface area contributed by atoms with E-state index in [9.17, 15) is 4.79 Å². The van der Waals surface area contributed by atoms with Gasteiger partial charge < -0.3 is 16.4 Å². The molecule has 0 fully saturated rings. The van der Waals surface area contributed by atoms with Gasteiger partial charge >= 0.3 is 0 Å². The quantitative estimate of drug-likeness (QED) is 0.641. The minimum absolute atomic E-state index is 0.442. The van der Waals surface area contributed by atoms with Crippen molar-refractivity contribution in [3.8, 4) is 0 Å². The van der Waals surface area contributed by atoms with Gasteiger partial charge in [0.1, 0.15) is 5.82 Å². The second kappa shape index (κ2) is 6.20. The Bertz CT molecular complexity index is 390. The van der Waals surface area contributed by atoms with Gasteiger partial charge in [0.2, 0.25) is 0 Å². The highest BCUT2D eigenvalue weighted by Gasteiger charge is 2.11. The largest absolute Gasteiger partial charge is 0.368 e. The molecule has 1 aromatic rings. The van der Waals surface area contributed by atoms with E-state index in [1.165, 1.54) is 0 Å². The average Bonchev–Trinajstić information content (AvgIpc) is 2.23. The predicted octanol–water partition coefficient (Wildman–Crippen LogP) is 0.899. The summed E-state index contributed by atoms with van der Waals surface area (Å²) in [5.41, 5.74) is 6.64. The van der Waals surface area contributed by atoms with Crippen molar-refractivity contribution in [3.63, 3.8) is 0 Å². The van der Waals surface area contributed by atoms with Crippen molar-refractivity contribution < 1.29 is 4.79 Å². The molecule has 0 saturated heterocycles. The third-order valence-electron chi connectivity index (χ3n) is 2.38. The molecule has 1 heterocycles. The van der Waals surface area contributed by atoms with Crippen LogP contribution in [0.3, 0.4) is 0 Å². The maximum absolute atomic E-state index is 11.3. The van der Waals surface area contributed by atoms with Crippen LogP contribution in [0.2, 0.25) is 0 Å². The summed E-state index contributed by atoms with van der Waals surface area (Å²) in [4.78, 5) is 15.4. The predicted molar refractivity (Wildman–Crippen MR) is 69.1 cm³/mol. The molecule has 0 aliphatic rings. The van der Waals surface area contributed by atoms with E-state index in [4.69, 9.17) is 5.73 Å². The van der Waals surface area contributed by atoms with Crippen LogP contribution in [0.1, 0.15) is 29.8 Å². The minimum Gasteiger partial charge on any atom is -0.368 e. The number of nitrogens with two attached hydrogens (primary N) is 1. The summed E-state index contributed by atoms with van der Waals surface area (Å²) in [6.45, 7) is 7.53. The van der Waals surface area contributed by atoms with Crippen molar-refractivity contribution in [3.05, 3.63) is 23.4 Å². The van der Waals surface area contributed by atoms with Crippen LogP contribution in [0.15, 0.2) is 12.3 Å². The van der Waals surface area contributed by atoms with Gasteiger partial charge in [0.25, 0.3) is 5.91 Å². The third-order valence-corrected chi connectivity index (χ3v) is 2.38. The van der Waals surface area contributed by atoms with Gasteiger partial charge in [-0.2, -0.15) is 0 Å². The maximum atomic E-state index is 11.3. The number of anilines is 1. The standard InChI is InChI=1S/C12H20N4O/c1-8(2)14-6-7-16-12-10(11(13)17)9(3)4-5-15-12/h4-5,8,14H,6-7H2,1-3H3,(H2,13,17)(H,15,16). The summed E-state index contributed by atoms with van der Waals surface area (Å²) in [7, 11) is 0. The first-order chi connectivity index (χ1) is 8.02. The van der Waals surface area contributed by atoms with E-state index >= 15 is 0 Å². The highest BCUT2D eigenvalue weighted by Crippen LogP contribution is 2.15. The fourth-order valence-electron chi connectivity index (χ4n) is 1.55. The fraction of sp³-hybridized carbons (Fsp3) is 0.500. The van der Waals surface area contributed by atoms with E-state index in [0.29, 0.717) is 24.0 Å². The van der Waals surface area contributed by atoms with Crippen LogP contribution in [0, 0.1) is 6.92 Å². The summed E-state index contributed by atoms with van der Waals surface area (Å²) >= 11 is 0. The van der Waals surface area contributed by atoms with Gasteiger partial charge in [-0.1, -0.05) is 13.8 Å². The minimum atomic E-state index is -0.449. The Morgan fingerprint density at radius 1 is 1.47 bits per heavy atom. The molecule has 5 heteroatoms. The number of nitrogens with one attached hydrogen (secondary N) is 2. The Hall–Kier alpha value is -1.62. The first-order valence-electron chi connectivity index (χ1n) is 5.75. The Kier molecular flexibility index (Phi) is 4.90. The number of pyridine rings is 1. The van der Waals surface area contributed by atoms with Crippen LogP contribution < -0.4 is 16.4 Å². The van der Waals surface area contributed by atoms with E-state index in [2.05, 4.69) is 29.5 Å². The molecular formula is C12H20N4O. The molecule has 0 saturated carbocycles. The van der Waals surface area contributed by atoms with E-state index in [0.717, 1.165) is 12.1 Å². The zero-order valence-electron chi connectivity index (χ0n) is 10.6. The van der Waals surface area contributed by atoms with Gasteiger partial charge in [-0.25, -0.2) is 4.98 Å². The van der Waals surface area contributed by atoms with Gasteiger partial charge in [-0.05, 0) is 18.6 Å². The number of hydrogen-bond acceptors (Lipinski definition) is 4. The second-order valence-electron chi connectivity index (χ2n) is 4.25. The van der Waals surface area contributed by atoms with Crippen molar-refractivity contribution in [2.75, 3.05) is 18.4 Å². The zero-order chi connectivity index (χ0) is 12.8. The Morgan fingerprint density at radius 3 is 2.76 bits per heavy atom. The smallest absolute Gasteiger partial charge is 0.252 e. The summed E-state index contributed by atoms with van der Waals surface area (Å²) in [6, 6.07) is 2.22. The number of nitrogens with zero attached hydrogens (tertiary/aromatic N) is 1. The lowest BCUT2D eigenvalue weighted by Gasteiger charge is -2.12. The lowest BCUT2D eigenvalue weighted by molar-refractivity contribution is 0.1000. The fourth-order valence-corrected chi connectivity index (χ4v) is 1.55. The molecule has 4 N–H and O–H groups in total. The number of rotatable bonds is 6. The van der Waals surface area contributed by atoms with Gasteiger partial charge in [0.15, 0.2) is 0 Å². The number of amides is 1. The lowest BCUT2D eigenvalue weighted by Crippen LogP contribution is -2.29. The molecule has 1 amide bonds. The van der Waals surface area contributed by atoms with Crippen LogP contribution in [-0.4, -0.2) is 30.0 Å². The molecular weight excluding hydrogens is 216 g/mol. The molecule has 0 unspecified atom stereocenters. The number of carbonyl (C=O) groups excluding carboxylic acids is 1. The summed E-state index contributed by atoms with van der Waals surface area (Å²) in [5.74, 6) is 0.109. The van der Waals surface area contributed by atoms with E-state index in [1.807, 2.05) is 6.92 Å². The normalized spacial score (nSPS) is 10.6. The number of aryl methyl sites for hydroxylation is 1. The lowest BCUT2D eigenvalue weighted by atomic mass is 10.1. The summed E-state index contributed by atoms with van der Waals surface area (Å²) in [6.07, 6.45) is 1.67. The Morgan fingerprint density at radius 2 is 2.18 bits per heavy atom. The topological polar surface area (TPSA) is 80.0 Å². The molecule has 5 nitrogen and oxygen atoms in total.